The summed E-state index contributed by atoms with van der Waals surface area (Å²) in [6, 6.07) is 3.63. The van der Waals surface area contributed by atoms with Gasteiger partial charge in [-0.2, -0.15) is 0 Å². The van der Waals surface area contributed by atoms with Gasteiger partial charge in [-0.3, -0.25) is 4.90 Å². The van der Waals surface area contributed by atoms with Crippen LogP contribution in [-0.4, -0.2) is 29.2 Å². The lowest BCUT2D eigenvalue weighted by molar-refractivity contribution is 0.156. The standard InChI is InChI=1S/C13H17F2NO/c1-2-13(16-6-5-10(17)8-16)11-4-3-9(14)7-12(11)15/h3-4,7,10,13,17H,2,5-6,8H2,1H3/t10-,13?/m0/s1. The van der Waals surface area contributed by atoms with Crippen LogP contribution >= 0.6 is 0 Å². The molecule has 0 radical (unpaired) electrons. The number of aliphatic hydroxyl groups excluding tert-OH is 1. The van der Waals surface area contributed by atoms with Crippen LogP contribution in [0.25, 0.3) is 0 Å². The van der Waals surface area contributed by atoms with Crippen molar-refractivity contribution in [3.63, 3.8) is 0 Å². The molecule has 0 aromatic heterocycles. The maximum absolute atomic E-state index is 13.7. The number of β-amino-alcohol motifs (C(OH)–C–C–N with tert-alkyl or cyclic N) is 1. The zero-order valence-corrected chi connectivity index (χ0v) is 9.87. The van der Waals surface area contributed by atoms with Crippen LogP contribution in [0.1, 0.15) is 31.4 Å². The Morgan fingerprint density at radius 2 is 2.24 bits per heavy atom. The van der Waals surface area contributed by atoms with Crippen LogP contribution in [0.5, 0.6) is 0 Å². The number of nitrogens with zero attached hydrogens (tertiary/aromatic N) is 1. The van der Waals surface area contributed by atoms with E-state index in [1.807, 2.05) is 6.92 Å². The Labute approximate surface area is 99.9 Å². The highest BCUT2D eigenvalue weighted by atomic mass is 19.1. The van der Waals surface area contributed by atoms with Crippen LogP contribution in [0.2, 0.25) is 0 Å². The summed E-state index contributed by atoms with van der Waals surface area (Å²) < 4.78 is 26.6. The van der Waals surface area contributed by atoms with Gasteiger partial charge in [-0.05, 0) is 18.9 Å². The number of halogens is 2. The molecule has 0 saturated carbocycles. The molecule has 1 N–H and O–H groups in total. The van der Waals surface area contributed by atoms with Gasteiger partial charge in [0.2, 0.25) is 0 Å². The average Bonchev–Trinajstić information content (AvgIpc) is 2.69. The number of likely N-dealkylation sites (tertiary alicyclic amines) is 1. The second kappa shape index (κ2) is 5.10. The van der Waals surface area contributed by atoms with Crippen LogP contribution in [-0.2, 0) is 0 Å². The van der Waals surface area contributed by atoms with Crippen LogP contribution in [0.3, 0.4) is 0 Å². The molecule has 1 heterocycles. The largest absolute Gasteiger partial charge is 0.392 e. The van der Waals surface area contributed by atoms with Gasteiger partial charge >= 0.3 is 0 Å². The van der Waals surface area contributed by atoms with Gasteiger partial charge in [0.05, 0.1) is 6.10 Å². The van der Waals surface area contributed by atoms with E-state index in [-0.39, 0.29) is 12.1 Å². The zero-order chi connectivity index (χ0) is 12.4. The van der Waals surface area contributed by atoms with E-state index < -0.39 is 11.6 Å². The summed E-state index contributed by atoms with van der Waals surface area (Å²) in [6.07, 6.45) is 1.14. The Balaban J connectivity index is 2.23. The highest BCUT2D eigenvalue weighted by Gasteiger charge is 2.28. The lowest BCUT2D eigenvalue weighted by Gasteiger charge is -2.27. The molecule has 94 valence electrons. The van der Waals surface area contributed by atoms with Crippen LogP contribution < -0.4 is 0 Å². The molecular formula is C13H17F2NO. The molecule has 17 heavy (non-hydrogen) atoms. The van der Waals surface area contributed by atoms with Gasteiger partial charge in [0.15, 0.2) is 0 Å². The summed E-state index contributed by atoms with van der Waals surface area (Å²) in [5, 5.41) is 9.51. The summed E-state index contributed by atoms with van der Waals surface area (Å²) in [5.41, 5.74) is 0.517. The SMILES string of the molecule is CCC(c1ccc(F)cc1F)N1CC[C@H](O)C1. The minimum absolute atomic E-state index is 0.0762. The molecule has 1 fully saturated rings. The fraction of sp³-hybridized carbons (Fsp3) is 0.538. The molecule has 0 bridgehead atoms. The van der Waals surface area contributed by atoms with Crippen molar-refractivity contribution in [3.8, 4) is 0 Å². The molecule has 4 heteroatoms. The Morgan fingerprint density at radius 3 is 2.76 bits per heavy atom. The summed E-state index contributed by atoms with van der Waals surface area (Å²) in [6.45, 7) is 3.30. The van der Waals surface area contributed by atoms with Gasteiger partial charge in [0.1, 0.15) is 11.6 Å². The molecule has 2 atom stereocenters. The Kier molecular flexibility index (Phi) is 3.74. The van der Waals surface area contributed by atoms with Crippen LogP contribution in [0, 0.1) is 11.6 Å². The maximum Gasteiger partial charge on any atom is 0.130 e. The third-order valence-electron chi connectivity index (χ3n) is 3.34. The van der Waals surface area contributed by atoms with Crippen molar-refractivity contribution in [2.24, 2.45) is 0 Å². The van der Waals surface area contributed by atoms with Crippen LogP contribution in [0.15, 0.2) is 18.2 Å². The highest BCUT2D eigenvalue weighted by Crippen LogP contribution is 2.29. The van der Waals surface area contributed by atoms with E-state index in [0.717, 1.165) is 25.5 Å². The topological polar surface area (TPSA) is 23.5 Å². The average molecular weight is 241 g/mol. The fourth-order valence-corrected chi connectivity index (χ4v) is 2.50. The Hall–Kier alpha value is -1.00. The van der Waals surface area contributed by atoms with E-state index in [2.05, 4.69) is 4.90 Å². The molecular weight excluding hydrogens is 224 g/mol. The van der Waals surface area contributed by atoms with E-state index in [9.17, 15) is 13.9 Å². The van der Waals surface area contributed by atoms with Gasteiger partial charge in [0.25, 0.3) is 0 Å². The monoisotopic (exact) mass is 241 g/mol. The lowest BCUT2D eigenvalue weighted by Crippen LogP contribution is -2.27. The van der Waals surface area contributed by atoms with Crippen molar-refractivity contribution < 1.29 is 13.9 Å². The number of hydrogen-bond donors (Lipinski definition) is 1. The van der Waals surface area contributed by atoms with Gasteiger partial charge in [-0.1, -0.05) is 13.0 Å². The minimum Gasteiger partial charge on any atom is -0.392 e. The highest BCUT2D eigenvalue weighted by molar-refractivity contribution is 5.22. The number of rotatable bonds is 3. The summed E-state index contributed by atoms with van der Waals surface area (Å²) >= 11 is 0. The molecule has 0 spiro atoms. The quantitative estimate of drug-likeness (QED) is 0.878. The van der Waals surface area contributed by atoms with Crippen molar-refractivity contribution in [2.75, 3.05) is 13.1 Å². The number of benzene rings is 1. The van der Waals surface area contributed by atoms with Gasteiger partial charge in [0, 0.05) is 30.8 Å². The lowest BCUT2D eigenvalue weighted by atomic mass is 10.0. The molecule has 1 aromatic rings. The first-order valence-corrected chi connectivity index (χ1v) is 5.99. The Morgan fingerprint density at radius 1 is 1.47 bits per heavy atom. The smallest absolute Gasteiger partial charge is 0.130 e. The van der Waals surface area contributed by atoms with E-state index in [1.54, 1.807) is 0 Å². The van der Waals surface area contributed by atoms with E-state index >= 15 is 0 Å². The van der Waals surface area contributed by atoms with Crippen molar-refractivity contribution in [2.45, 2.75) is 31.9 Å². The van der Waals surface area contributed by atoms with Crippen molar-refractivity contribution in [3.05, 3.63) is 35.4 Å². The van der Waals surface area contributed by atoms with Gasteiger partial charge in [-0.15, -0.1) is 0 Å². The molecule has 1 unspecified atom stereocenters. The molecule has 0 amide bonds. The first kappa shape index (κ1) is 12.5. The maximum atomic E-state index is 13.7. The second-order valence-corrected chi connectivity index (χ2v) is 4.53. The number of hydrogen-bond acceptors (Lipinski definition) is 2. The van der Waals surface area contributed by atoms with Crippen molar-refractivity contribution in [1.29, 1.82) is 0 Å². The molecule has 1 aliphatic heterocycles. The Bertz CT molecular complexity index is 397. The molecule has 0 aliphatic carbocycles. The van der Waals surface area contributed by atoms with Crippen LogP contribution in [0.4, 0.5) is 8.78 Å². The predicted molar refractivity (Wildman–Crippen MR) is 61.6 cm³/mol. The molecule has 2 rings (SSSR count). The number of aliphatic hydroxyl groups is 1. The summed E-state index contributed by atoms with van der Waals surface area (Å²) in [4.78, 5) is 2.06. The van der Waals surface area contributed by atoms with E-state index in [0.29, 0.717) is 12.1 Å². The van der Waals surface area contributed by atoms with Gasteiger partial charge in [-0.25, -0.2) is 8.78 Å². The van der Waals surface area contributed by atoms with Gasteiger partial charge < -0.3 is 5.11 Å². The molecule has 1 aliphatic rings. The minimum atomic E-state index is -0.553. The first-order chi connectivity index (χ1) is 8.11. The molecule has 2 nitrogen and oxygen atoms in total. The third kappa shape index (κ3) is 2.64. The zero-order valence-electron chi connectivity index (χ0n) is 9.87. The summed E-state index contributed by atoms with van der Waals surface area (Å²) in [7, 11) is 0. The third-order valence-corrected chi connectivity index (χ3v) is 3.34. The normalized spacial score (nSPS) is 22.9. The predicted octanol–water partition coefficient (Wildman–Crippen LogP) is 2.48. The fourth-order valence-electron chi connectivity index (χ4n) is 2.50. The van der Waals surface area contributed by atoms with Crippen molar-refractivity contribution in [1.82, 2.24) is 4.90 Å². The first-order valence-electron chi connectivity index (χ1n) is 5.99. The second-order valence-electron chi connectivity index (χ2n) is 4.53. The summed E-state index contributed by atoms with van der Waals surface area (Å²) in [5.74, 6) is -1.05. The molecule has 1 saturated heterocycles. The van der Waals surface area contributed by atoms with E-state index in [4.69, 9.17) is 0 Å². The van der Waals surface area contributed by atoms with Crippen molar-refractivity contribution >= 4 is 0 Å². The molecule has 1 aromatic carbocycles. The van der Waals surface area contributed by atoms with E-state index in [1.165, 1.54) is 12.1 Å².